The van der Waals surface area contributed by atoms with Gasteiger partial charge >= 0.3 is 0 Å². The number of benzene rings is 16. The molecule has 16 aromatic carbocycles. The van der Waals surface area contributed by atoms with Crippen molar-refractivity contribution in [2.24, 2.45) is 0 Å². The SMILES string of the molecule is Cc1cc(C)cc(-n2c3ccc(C(C)(C)C)cc3c3cc4ccc5c6oc7ccc(C(C)(C)C)cc7c6cc6ccc(c4c65)c32)c1.Cc1cccc(C)c1-c1ccc2c(c1)oc1c2cc2ccc3c4c(ccc1c24)cc1c2ccc(-c4c(C)cccc4C)cc2n(-c2cccc(C(C)C)c2)c13. The molecule has 490 valence electrons. The lowest BCUT2D eigenvalue weighted by Gasteiger charge is -2.19. The summed E-state index contributed by atoms with van der Waals surface area (Å²) in [5.74, 6) is 0.423. The average molecular weight is 1310 g/mol. The Morgan fingerprint density at radius 2 is 0.752 bits per heavy atom. The second-order valence-electron chi connectivity index (χ2n) is 31.8. The van der Waals surface area contributed by atoms with Crippen LogP contribution in [0.15, 0.2) is 233 Å². The van der Waals surface area contributed by atoms with Crippen LogP contribution in [0.1, 0.15) is 111 Å². The summed E-state index contributed by atoms with van der Waals surface area (Å²) in [7, 11) is 0. The highest BCUT2D eigenvalue weighted by Crippen LogP contribution is 2.50. The minimum Gasteiger partial charge on any atom is -0.455 e. The number of aryl methyl sites for hydroxylation is 6. The number of aromatic nitrogens is 2. The molecule has 0 unspecified atom stereocenters. The first-order valence-electron chi connectivity index (χ1n) is 36.0. The molecule has 20 rings (SSSR count). The number of nitrogens with zero attached hydrogens (tertiary/aromatic N) is 2. The molecular formula is C97H80N2O2. The summed E-state index contributed by atoms with van der Waals surface area (Å²) < 4.78 is 18.6. The fourth-order valence-electron chi connectivity index (χ4n) is 17.8. The number of fused-ring (bicyclic) bond motifs is 16. The van der Waals surface area contributed by atoms with Gasteiger partial charge in [-0.25, -0.2) is 0 Å². The lowest BCUT2D eigenvalue weighted by Crippen LogP contribution is -2.10. The van der Waals surface area contributed by atoms with Gasteiger partial charge in [0.1, 0.15) is 22.3 Å². The Hall–Kier alpha value is -11.2. The Kier molecular flexibility index (Phi) is 13.1. The summed E-state index contributed by atoms with van der Waals surface area (Å²) in [5.41, 5.74) is 28.1. The number of furan rings is 2. The van der Waals surface area contributed by atoms with Crippen molar-refractivity contribution in [1.82, 2.24) is 9.13 Å². The average Bonchev–Trinajstić information content (AvgIpc) is 1.61. The van der Waals surface area contributed by atoms with Crippen LogP contribution in [0.2, 0.25) is 0 Å². The summed E-state index contributed by atoms with van der Waals surface area (Å²) in [6.07, 6.45) is 0. The van der Waals surface area contributed by atoms with Gasteiger partial charge in [0, 0.05) is 86.8 Å². The highest BCUT2D eigenvalue weighted by atomic mass is 16.3. The number of rotatable bonds is 5. The third kappa shape index (κ3) is 9.12. The van der Waals surface area contributed by atoms with Crippen LogP contribution in [0.4, 0.5) is 0 Å². The highest BCUT2D eigenvalue weighted by molar-refractivity contribution is 6.37. The second-order valence-corrected chi connectivity index (χ2v) is 31.8. The van der Waals surface area contributed by atoms with Crippen molar-refractivity contribution in [1.29, 1.82) is 0 Å². The van der Waals surface area contributed by atoms with Gasteiger partial charge in [0.25, 0.3) is 0 Å². The zero-order valence-electron chi connectivity index (χ0n) is 60.2. The molecule has 4 aromatic heterocycles. The lowest BCUT2D eigenvalue weighted by atomic mass is 9.86. The Bertz CT molecular complexity index is 6870. The van der Waals surface area contributed by atoms with Crippen molar-refractivity contribution in [3.63, 3.8) is 0 Å². The van der Waals surface area contributed by atoms with Crippen molar-refractivity contribution >= 4 is 152 Å². The van der Waals surface area contributed by atoms with Crippen LogP contribution in [0.3, 0.4) is 0 Å². The maximum absolute atomic E-state index is 6.88. The van der Waals surface area contributed by atoms with Crippen LogP contribution in [0.5, 0.6) is 0 Å². The monoisotopic (exact) mass is 1300 g/mol. The van der Waals surface area contributed by atoms with E-state index in [-0.39, 0.29) is 10.8 Å². The maximum atomic E-state index is 6.88. The molecule has 0 amide bonds. The van der Waals surface area contributed by atoms with Crippen LogP contribution >= 0.6 is 0 Å². The molecule has 0 aliphatic heterocycles. The molecule has 0 atom stereocenters. The summed E-state index contributed by atoms with van der Waals surface area (Å²) in [6.45, 7) is 31.5. The van der Waals surface area contributed by atoms with Gasteiger partial charge in [0.05, 0.1) is 22.1 Å². The minimum absolute atomic E-state index is 0.0598. The first kappa shape index (κ1) is 60.9. The van der Waals surface area contributed by atoms with Gasteiger partial charge in [0.2, 0.25) is 0 Å². The van der Waals surface area contributed by atoms with Crippen molar-refractivity contribution in [2.45, 2.75) is 114 Å². The maximum Gasteiger partial charge on any atom is 0.143 e. The van der Waals surface area contributed by atoms with Gasteiger partial charge in [-0.3, -0.25) is 0 Å². The summed E-state index contributed by atoms with van der Waals surface area (Å²) in [4.78, 5) is 0. The quantitative estimate of drug-likeness (QED) is 0.161. The van der Waals surface area contributed by atoms with Gasteiger partial charge in [-0.05, 0) is 266 Å². The molecule has 20 aromatic rings. The smallest absolute Gasteiger partial charge is 0.143 e. The van der Waals surface area contributed by atoms with E-state index in [0.29, 0.717) is 5.92 Å². The number of hydrogen-bond acceptors (Lipinski definition) is 2. The van der Waals surface area contributed by atoms with Gasteiger partial charge in [-0.2, -0.15) is 0 Å². The van der Waals surface area contributed by atoms with Crippen molar-refractivity contribution in [3.8, 4) is 33.6 Å². The van der Waals surface area contributed by atoms with E-state index in [4.69, 9.17) is 8.83 Å². The van der Waals surface area contributed by atoms with Crippen molar-refractivity contribution in [3.05, 3.63) is 275 Å². The molecule has 0 N–H and O–H groups in total. The van der Waals surface area contributed by atoms with E-state index in [1.54, 1.807) is 0 Å². The second kappa shape index (κ2) is 21.7. The normalized spacial score (nSPS) is 12.7. The predicted octanol–water partition coefficient (Wildman–Crippen LogP) is 28.1. The first-order chi connectivity index (χ1) is 48.6. The topological polar surface area (TPSA) is 36.1 Å². The fourth-order valence-corrected chi connectivity index (χ4v) is 17.8. The van der Waals surface area contributed by atoms with E-state index in [0.717, 1.165) is 38.5 Å². The van der Waals surface area contributed by atoms with E-state index >= 15 is 0 Å². The zero-order valence-corrected chi connectivity index (χ0v) is 60.2. The predicted molar refractivity (Wildman–Crippen MR) is 434 cm³/mol. The molecular weight excluding hydrogens is 1230 g/mol. The molecule has 0 bridgehead atoms. The Morgan fingerprint density at radius 3 is 1.31 bits per heavy atom. The Balaban J connectivity index is 0.000000142. The summed E-state index contributed by atoms with van der Waals surface area (Å²) >= 11 is 0. The molecule has 0 radical (unpaired) electrons. The fraction of sp³-hybridized carbons (Fsp3) is 0.175. The molecule has 0 spiro atoms. The van der Waals surface area contributed by atoms with Crippen LogP contribution in [-0.4, -0.2) is 9.13 Å². The van der Waals surface area contributed by atoms with Crippen molar-refractivity contribution in [2.75, 3.05) is 0 Å². The summed E-state index contributed by atoms with van der Waals surface area (Å²) in [6, 6.07) is 85.0. The Morgan fingerprint density at radius 1 is 0.307 bits per heavy atom. The van der Waals surface area contributed by atoms with E-state index < -0.39 is 0 Å². The van der Waals surface area contributed by atoms with E-state index in [2.05, 4.69) is 331 Å². The highest BCUT2D eigenvalue weighted by Gasteiger charge is 2.27. The van der Waals surface area contributed by atoms with E-state index in [9.17, 15) is 0 Å². The molecule has 4 nitrogen and oxygen atoms in total. The van der Waals surface area contributed by atoms with Crippen LogP contribution in [0.25, 0.3) is 186 Å². The van der Waals surface area contributed by atoms with Gasteiger partial charge in [-0.15, -0.1) is 0 Å². The molecule has 4 heterocycles. The lowest BCUT2D eigenvalue weighted by molar-refractivity contribution is 0.590. The third-order valence-electron chi connectivity index (χ3n) is 22.6. The van der Waals surface area contributed by atoms with Crippen molar-refractivity contribution < 1.29 is 8.83 Å². The molecule has 101 heavy (non-hydrogen) atoms. The zero-order chi connectivity index (χ0) is 69.1. The van der Waals surface area contributed by atoms with E-state index in [1.165, 1.54) is 197 Å². The van der Waals surface area contributed by atoms with E-state index in [1.807, 2.05) is 0 Å². The van der Waals surface area contributed by atoms with Gasteiger partial charge < -0.3 is 18.0 Å². The molecule has 0 aliphatic carbocycles. The van der Waals surface area contributed by atoms with Gasteiger partial charge in [0.15, 0.2) is 0 Å². The molecule has 0 fully saturated rings. The Labute approximate surface area is 588 Å². The van der Waals surface area contributed by atoms with Crippen LogP contribution in [-0.2, 0) is 10.8 Å². The first-order valence-corrected chi connectivity index (χ1v) is 36.0. The van der Waals surface area contributed by atoms with Gasteiger partial charge in [-0.1, -0.05) is 177 Å². The molecule has 0 saturated carbocycles. The van der Waals surface area contributed by atoms with Crippen LogP contribution in [0, 0.1) is 41.5 Å². The molecule has 4 heteroatoms. The third-order valence-corrected chi connectivity index (χ3v) is 22.6. The molecule has 0 aliphatic rings. The molecule has 0 saturated heterocycles. The minimum atomic E-state index is 0.0598. The number of hydrogen-bond donors (Lipinski definition) is 0. The largest absolute Gasteiger partial charge is 0.455 e. The van der Waals surface area contributed by atoms with Crippen LogP contribution < -0.4 is 0 Å². The standard InChI is InChI=1S/C53H41NO.C44H39NO/c1-29(2)34-14-9-15-39(24-34)54-46-27-37(48-30(3)10-7-11-31(48)4)16-20-40(46)44-25-35-19-23-43-51-36(18-22-42(50(35)51)52(44)54)26-45-41-21-17-38(28-47(41)55-53(43)45)49-32(5)12-8-13-33(49)6;1-24-17-25(2)19-30(18-24)45-37-15-11-28(43(3,4)5)22-33(37)35-20-26-10-14-32-40-27(9-13-31(39(26)40)41(35)45)21-36-34-23-29(44(6,7)8)12-16-38(34)46-42(32)36/h7-29H,1-6H3;9-23H,1-8H3. The summed E-state index contributed by atoms with van der Waals surface area (Å²) in [5, 5.41) is 24.9.